The minimum Gasteiger partial charge on any atom is -0.296 e. The highest BCUT2D eigenvalue weighted by molar-refractivity contribution is 6.21. The fourth-order valence-electron chi connectivity index (χ4n) is 7.62. The quantitative estimate of drug-likeness (QED) is 0.150. The summed E-state index contributed by atoms with van der Waals surface area (Å²) >= 11 is 0. The molecule has 260 valence electrons. The van der Waals surface area contributed by atoms with Crippen molar-refractivity contribution >= 4 is 32.6 Å². The first kappa shape index (κ1) is 21.6. The van der Waals surface area contributed by atoms with Crippen LogP contribution in [0.2, 0.25) is 0 Å². The van der Waals surface area contributed by atoms with Crippen LogP contribution in [0.15, 0.2) is 200 Å². The van der Waals surface area contributed by atoms with Crippen LogP contribution in [0.5, 0.6) is 0 Å². The van der Waals surface area contributed by atoms with Crippen LogP contribution in [0, 0.1) is 0 Å². The molecule has 10 aromatic rings. The second-order valence-electron chi connectivity index (χ2n) is 13.3. The van der Waals surface area contributed by atoms with E-state index < -0.39 is 37.4 Å². The number of benzene rings is 9. The van der Waals surface area contributed by atoms with E-state index in [9.17, 15) is 5.48 Å². The number of hydrogen-bond acceptors (Lipinski definition) is 1. The smallest absolute Gasteiger partial charge is 0.114 e. The largest absolute Gasteiger partial charge is 0.296 e. The summed E-state index contributed by atoms with van der Waals surface area (Å²) in [4.78, 5) is 4.47. The average molecular weight is 716 g/mol. The number of para-hydroxylation sites is 2. The molecule has 55 heavy (non-hydrogen) atoms. The van der Waals surface area contributed by atoms with E-state index in [2.05, 4.69) is 4.98 Å². The Kier molecular flexibility index (Phi) is 5.40. The lowest BCUT2D eigenvalue weighted by Crippen LogP contribution is -2.00. The van der Waals surface area contributed by atoms with E-state index in [1.807, 2.05) is 91.0 Å². The molecule has 2 heteroatoms. The topological polar surface area (TPSA) is 17.8 Å². The Balaban J connectivity index is 1.28. The molecule has 0 fully saturated rings. The van der Waals surface area contributed by atoms with E-state index in [0.29, 0.717) is 39.0 Å². The lowest BCUT2D eigenvalue weighted by Gasteiger charge is -2.19. The van der Waals surface area contributed by atoms with Gasteiger partial charge in [-0.3, -0.25) is 4.57 Å². The van der Waals surface area contributed by atoms with Crippen LogP contribution in [0.1, 0.15) is 30.5 Å². The average Bonchev–Trinajstić information content (AvgIpc) is 3.76. The van der Waals surface area contributed by atoms with Crippen LogP contribution in [-0.2, 0) is 6.37 Å². The maximum Gasteiger partial charge on any atom is 0.114 e. The molecule has 0 aliphatic heterocycles. The van der Waals surface area contributed by atoms with Gasteiger partial charge >= 0.3 is 0 Å². The summed E-state index contributed by atoms with van der Waals surface area (Å²) < 4.78 is 117. The van der Waals surface area contributed by atoms with Crippen molar-refractivity contribution in [1.29, 1.82) is 0 Å². The van der Waals surface area contributed by atoms with Crippen molar-refractivity contribution in [3.63, 3.8) is 0 Å². The molecule has 0 aliphatic rings. The van der Waals surface area contributed by atoms with Gasteiger partial charge in [-0.15, -0.1) is 0 Å². The standard InChI is InChI=1S/C53H38N2/c1-2-51-54-49-29-13-14-30-50(49)55(51)44-24-16-22-39(35-44)38-21-15-23-40(31-38)52-45-25-9-11-27-47(45)53(48-28-12-10-26-46(48)52)43-33-41(36-17-5-3-6-18-36)32-42(34-43)37-19-7-4-8-20-37/h3-35H,2H2,1H3/i1D3,2D2,9D,10D,11D,12D,25D,26D,27D,28D. The summed E-state index contributed by atoms with van der Waals surface area (Å²) in [5, 5.41) is 0.316. The summed E-state index contributed by atoms with van der Waals surface area (Å²) in [5.41, 5.74) is 7.17. The first-order valence-electron chi connectivity index (χ1n) is 24.4. The molecule has 10 rings (SSSR count). The number of imidazole rings is 1. The Labute approximate surface area is 339 Å². The first-order valence-corrected chi connectivity index (χ1v) is 17.9. The predicted octanol–water partition coefficient (Wildman–Crippen LogP) is 14.2. The van der Waals surface area contributed by atoms with Crippen LogP contribution in [0.25, 0.3) is 93.9 Å². The van der Waals surface area contributed by atoms with Gasteiger partial charge in [0.25, 0.3) is 0 Å². The molecular formula is C53H38N2. The molecule has 0 spiro atoms. The van der Waals surface area contributed by atoms with Crippen molar-refractivity contribution in [3.05, 3.63) is 206 Å². The molecule has 0 aliphatic carbocycles. The highest BCUT2D eigenvalue weighted by Crippen LogP contribution is 2.46. The molecule has 1 aromatic heterocycles. The van der Waals surface area contributed by atoms with E-state index in [-0.39, 0.29) is 62.7 Å². The fourth-order valence-corrected chi connectivity index (χ4v) is 7.62. The van der Waals surface area contributed by atoms with Crippen LogP contribution < -0.4 is 0 Å². The number of rotatable bonds is 7. The van der Waals surface area contributed by atoms with Gasteiger partial charge in [0, 0.05) is 18.9 Å². The highest BCUT2D eigenvalue weighted by atomic mass is 15.1. The SMILES string of the molecule is [2H]c1c([2H])c([2H])c2c(-c3cc(-c4ccccc4)cc(-c4ccccc4)c3)c3c([2H])c([2H])c([2H])c([2H])c3c(-c3cccc(-c4cccc(-n5c(C([2H])([2H])C([2H])([2H])[2H])nc6ccccc65)c4)c3)c2c1[2H]. The third-order valence-electron chi connectivity index (χ3n) is 10.1. The molecule has 0 unspecified atom stereocenters. The van der Waals surface area contributed by atoms with Gasteiger partial charge in [-0.2, -0.15) is 0 Å². The molecule has 9 aromatic carbocycles. The van der Waals surface area contributed by atoms with Crippen molar-refractivity contribution in [2.75, 3.05) is 0 Å². The second-order valence-corrected chi connectivity index (χ2v) is 13.3. The fraction of sp³-hybridized carbons (Fsp3) is 0.0377. The van der Waals surface area contributed by atoms with E-state index in [1.165, 1.54) is 4.57 Å². The van der Waals surface area contributed by atoms with Crippen molar-refractivity contribution in [2.24, 2.45) is 0 Å². The molecule has 1 heterocycles. The Morgan fingerprint density at radius 2 is 0.945 bits per heavy atom. The summed E-state index contributed by atoms with van der Waals surface area (Å²) in [6, 6.07) is 42.7. The maximum absolute atomic E-state index is 9.58. The minimum absolute atomic E-state index is 0.0715. The summed E-state index contributed by atoms with van der Waals surface area (Å²) in [6.45, 7) is -3.04. The molecule has 0 radical (unpaired) electrons. The van der Waals surface area contributed by atoms with Crippen molar-refractivity contribution < 1.29 is 17.8 Å². The number of aryl methyl sites for hydroxylation is 1. The van der Waals surface area contributed by atoms with Gasteiger partial charge in [-0.25, -0.2) is 4.98 Å². The van der Waals surface area contributed by atoms with Gasteiger partial charge in [0.2, 0.25) is 0 Å². The second kappa shape index (κ2) is 13.7. The molecular weight excluding hydrogens is 665 g/mol. The van der Waals surface area contributed by atoms with Gasteiger partial charge in [0.1, 0.15) is 5.82 Å². The zero-order valence-corrected chi connectivity index (χ0v) is 29.3. The lowest BCUT2D eigenvalue weighted by molar-refractivity contribution is 0.908. The monoisotopic (exact) mass is 715 g/mol. The molecule has 0 atom stereocenters. The normalized spacial score (nSPS) is 15.3. The number of aromatic nitrogens is 2. The van der Waals surface area contributed by atoms with Crippen molar-refractivity contribution in [3.8, 4) is 61.3 Å². The summed E-state index contributed by atoms with van der Waals surface area (Å²) in [7, 11) is 0. The Morgan fingerprint density at radius 1 is 0.473 bits per heavy atom. The Bertz CT molecular complexity index is 3540. The van der Waals surface area contributed by atoms with Gasteiger partial charge < -0.3 is 0 Å². The van der Waals surface area contributed by atoms with E-state index in [4.69, 9.17) is 12.3 Å². The molecule has 2 nitrogen and oxygen atoms in total. The van der Waals surface area contributed by atoms with E-state index in [1.54, 1.807) is 60.7 Å². The van der Waals surface area contributed by atoms with Crippen LogP contribution in [0.4, 0.5) is 0 Å². The van der Waals surface area contributed by atoms with Gasteiger partial charge in [0.15, 0.2) is 0 Å². The van der Waals surface area contributed by atoms with Gasteiger partial charge in [0.05, 0.1) is 22.0 Å². The summed E-state index contributed by atoms with van der Waals surface area (Å²) in [6.07, 6.45) is -2.83. The Hall–Kier alpha value is -7.03. The van der Waals surface area contributed by atoms with E-state index in [0.717, 1.165) is 22.3 Å². The van der Waals surface area contributed by atoms with Crippen LogP contribution >= 0.6 is 0 Å². The van der Waals surface area contributed by atoms with Crippen molar-refractivity contribution in [1.82, 2.24) is 9.55 Å². The summed E-state index contributed by atoms with van der Waals surface area (Å²) in [5.74, 6) is -0.295. The molecule has 0 amide bonds. The third-order valence-corrected chi connectivity index (χ3v) is 10.1. The maximum atomic E-state index is 9.58. The van der Waals surface area contributed by atoms with Crippen LogP contribution in [0.3, 0.4) is 0 Å². The lowest BCUT2D eigenvalue weighted by atomic mass is 9.84. The zero-order chi connectivity index (χ0) is 48.0. The number of fused-ring (bicyclic) bond motifs is 3. The highest BCUT2D eigenvalue weighted by Gasteiger charge is 2.19. The molecule has 0 saturated heterocycles. The van der Waals surface area contributed by atoms with Crippen molar-refractivity contribution in [2.45, 2.75) is 13.2 Å². The van der Waals surface area contributed by atoms with Gasteiger partial charge in [-0.05, 0) is 126 Å². The Morgan fingerprint density at radius 3 is 1.56 bits per heavy atom. The van der Waals surface area contributed by atoms with E-state index >= 15 is 0 Å². The molecule has 0 N–H and O–H groups in total. The molecule has 0 saturated carbocycles. The molecule has 0 bridgehead atoms. The van der Waals surface area contributed by atoms with Crippen LogP contribution in [-0.4, -0.2) is 9.55 Å². The number of nitrogens with zero attached hydrogens (tertiary/aromatic N) is 2. The minimum atomic E-state index is -3.04. The third kappa shape index (κ3) is 5.80. The first-order chi connectivity index (χ1) is 32.5. The predicted molar refractivity (Wildman–Crippen MR) is 233 cm³/mol. The zero-order valence-electron chi connectivity index (χ0n) is 42.3. The number of hydrogen-bond donors (Lipinski definition) is 0. The van der Waals surface area contributed by atoms with Gasteiger partial charge in [-0.1, -0.05) is 158 Å².